The predicted molar refractivity (Wildman–Crippen MR) is 62.8 cm³/mol. The van der Waals surface area contributed by atoms with Crippen molar-refractivity contribution in [3.63, 3.8) is 0 Å². The molecule has 0 atom stereocenters. The lowest BCUT2D eigenvalue weighted by molar-refractivity contribution is -0.145. The van der Waals surface area contributed by atoms with E-state index in [0.29, 0.717) is 5.69 Å². The van der Waals surface area contributed by atoms with Crippen molar-refractivity contribution in [2.75, 3.05) is 5.73 Å². The van der Waals surface area contributed by atoms with E-state index in [9.17, 15) is 13.6 Å². The smallest absolute Gasteiger partial charge is 0.328 e. The molecule has 0 fully saturated rings. The Morgan fingerprint density at radius 2 is 2.00 bits per heavy atom. The summed E-state index contributed by atoms with van der Waals surface area (Å²) in [5.41, 5.74) is 6.11. The second-order valence-corrected chi connectivity index (χ2v) is 3.91. The Balaban J connectivity index is 1.89. The van der Waals surface area contributed by atoms with Crippen LogP contribution in [0.1, 0.15) is 5.56 Å². The van der Waals surface area contributed by atoms with Gasteiger partial charge in [0.2, 0.25) is 0 Å². The van der Waals surface area contributed by atoms with Crippen molar-refractivity contribution in [3.05, 3.63) is 47.8 Å². The van der Waals surface area contributed by atoms with E-state index < -0.39 is 17.6 Å². The van der Waals surface area contributed by atoms with Crippen LogP contribution < -0.4 is 5.73 Å². The van der Waals surface area contributed by atoms with Crippen LogP contribution in [0.15, 0.2) is 30.6 Å². The van der Waals surface area contributed by atoms with Crippen molar-refractivity contribution in [3.8, 4) is 0 Å². The first kappa shape index (κ1) is 13.0. The van der Waals surface area contributed by atoms with Crippen LogP contribution in [0.4, 0.5) is 14.5 Å². The van der Waals surface area contributed by atoms with E-state index in [1.165, 1.54) is 17.1 Å². The Morgan fingerprint density at radius 3 is 2.58 bits per heavy atom. The molecular formula is C12H11F2N3O2. The minimum atomic E-state index is -0.717. The number of rotatable bonds is 4. The molecule has 2 rings (SSSR count). The highest BCUT2D eigenvalue weighted by Crippen LogP contribution is 2.09. The zero-order valence-electron chi connectivity index (χ0n) is 9.85. The molecule has 19 heavy (non-hydrogen) atoms. The third kappa shape index (κ3) is 3.77. The fourth-order valence-electron chi connectivity index (χ4n) is 1.50. The molecule has 100 valence electrons. The minimum absolute atomic E-state index is 0.116. The monoisotopic (exact) mass is 267 g/mol. The number of nitrogens with zero attached hydrogens (tertiary/aromatic N) is 2. The largest absolute Gasteiger partial charge is 0.459 e. The molecule has 0 amide bonds. The molecule has 0 aliphatic heterocycles. The number of nitrogens with two attached hydrogens (primary N) is 1. The maximum atomic E-state index is 12.9. The maximum Gasteiger partial charge on any atom is 0.328 e. The van der Waals surface area contributed by atoms with Crippen molar-refractivity contribution in [2.45, 2.75) is 13.2 Å². The van der Waals surface area contributed by atoms with Gasteiger partial charge in [-0.25, -0.2) is 8.78 Å². The molecule has 0 unspecified atom stereocenters. The molecule has 0 bridgehead atoms. The summed E-state index contributed by atoms with van der Waals surface area (Å²) in [7, 11) is 0. The molecule has 2 N–H and O–H groups in total. The Labute approximate surface area is 107 Å². The molecule has 1 heterocycles. The van der Waals surface area contributed by atoms with Gasteiger partial charge in [0.1, 0.15) is 24.8 Å². The van der Waals surface area contributed by atoms with Gasteiger partial charge in [-0.15, -0.1) is 0 Å². The van der Waals surface area contributed by atoms with Gasteiger partial charge in [-0.2, -0.15) is 5.10 Å². The summed E-state index contributed by atoms with van der Waals surface area (Å²) in [6.45, 7) is -0.320. The van der Waals surface area contributed by atoms with Crippen LogP contribution in [0.5, 0.6) is 0 Å². The predicted octanol–water partition coefficient (Wildman–Crippen LogP) is 1.49. The van der Waals surface area contributed by atoms with Crippen LogP contribution in [0.3, 0.4) is 0 Å². The second-order valence-electron chi connectivity index (χ2n) is 3.91. The Hall–Kier alpha value is -2.44. The van der Waals surface area contributed by atoms with Gasteiger partial charge in [-0.05, 0) is 17.7 Å². The number of hydrogen-bond donors (Lipinski definition) is 1. The van der Waals surface area contributed by atoms with Crippen molar-refractivity contribution < 1.29 is 18.3 Å². The van der Waals surface area contributed by atoms with E-state index in [4.69, 9.17) is 10.5 Å². The van der Waals surface area contributed by atoms with Crippen LogP contribution >= 0.6 is 0 Å². The van der Waals surface area contributed by atoms with E-state index in [-0.39, 0.29) is 18.7 Å². The van der Waals surface area contributed by atoms with Crippen molar-refractivity contribution >= 4 is 11.7 Å². The van der Waals surface area contributed by atoms with Crippen LogP contribution in [0, 0.1) is 11.6 Å². The molecule has 2 aromatic rings. The third-order valence-corrected chi connectivity index (χ3v) is 2.27. The number of carbonyl (C=O) groups excluding carboxylic acids is 1. The average Bonchev–Trinajstić information content (AvgIpc) is 2.71. The summed E-state index contributed by atoms with van der Waals surface area (Å²) in [5.74, 6) is -2.01. The highest BCUT2D eigenvalue weighted by atomic mass is 19.1. The molecule has 1 aromatic heterocycles. The van der Waals surface area contributed by atoms with Crippen LogP contribution in [-0.4, -0.2) is 15.7 Å². The number of nitrogen functional groups attached to an aromatic ring is 1. The first-order valence-electron chi connectivity index (χ1n) is 5.41. The standard InChI is InChI=1S/C12H11F2N3O2/c13-9-1-8(2-10(14)3-9)7-19-12(18)6-17-5-11(15)4-16-17/h1-5H,6-7,15H2. The van der Waals surface area contributed by atoms with E-state index in [1.807, 2.05) is 0 Å². The molecule has 0 aliphatic carbocycles. The van der Waals surface area contributed by atoms with Crippen LogP contribution in [-0.2, 0) is 22.7 Å². The quantitative estimate of drug-likeness (QED) is 0.852. The highest BCUT2D eigenvalue weighted by Gasteiger charge is 2.07. The molecule has 0 aliphatic rings. The number of aromatic nitrogens is 2. The van der Waals surface area contributed by atoms with Gasteiger partial charge in [-0.3, -0.25) is 9.48 Å². The Kier molecular flexibility index (Phi) is 3.74. The lowest BCUT2D eigenvalue weighted by Gasteiger charge is -2.05. The lowest BCUT2D eigenvalue weighted by Crippen LogP contribution is -2.14. The number of hydrogen-bond acceptors (Lipinski definition) is 4. The van der Waals surface area contributed by atoms with Gasteiger partial charge in [0.15, 0.2) is 0 Å². The summed E-state index contributed by atoms with van der Waals surface area (Å²) in [5, 5.41) is 3.81. The summed E-state index contributed by atoms with van der Waals surface area (Å²) in [4.78, 5) is 11.5. The van der Waals surface area contributed by atoms with Crippen molar-refractivity contribution in [2.24, 2.45) is 0 Å². The summed E-state index contributed by atoms with van der Waals surface area (Å²) in [6.07, 6.45) is 2.87. The van der Waals surface area contributed by atoms with E-state index in [0.717, 1.165) is 18.2 Å². The summed E-state index contributed by atoms with van der Waals surface area (Å²) in [6, 6.07) is 2.95. The van der Waals surface area contributed by atoms with Gasteiger partial charge in [0.05, 0.1) is 11.9 Å². The van der Waals surface area contributed by atoms with Gasteiger partial charge >= 0.3 is 5.97 Å². The fraction of sp³-hybridized carbons (Fsp3) is 0.167. The molecule has 0 saturated heterocycles. The van der Waals surface area contributed by atoms with E-state index in [2.05, 4.69) is 5.10 Å². The van der Waals surface area contributed by atoms with Gasteiger partial charge < -0.3 is 10.5 Å². The van der Waals surface area contributed by atoms with Crippen molar-refractivity contribution in [1.82, 2.24) is 9.78 Å². The Bertz CT molecular complexity index is 578. The molecule has 5 nitrogen and oxygen atoms in total. The molecule has 0 saturated carbocycles. The first-order chi connectivity index (χ1) is 9.02. The summed E-state index contributed by atoms with van der Waals surface area (Å²) >= 11 is 0. The minimum Gasteiger partial charge on any atom is -0.459 e. The Morgan fingerprint density at radius 1 is 1.32 bits per heavy atom. The molecule has 0 spiro atoms. The highest BCUT2D eigenvalue weighted by molar-refractivity contribution is 5.69. The SMILES string of the molecule is Nc1cnn(CC(=O)OCc2cc(F)cc(F)c2)c1. The number of benzene rings is 1. The van der Waals surface area contributed by atoms with Gasteiger partial charge in [0.25, 0.3) is 0 Å². The topological polar surface area (TPSA) is 70.1 Å². The second kappa shape index (κ2) is 5.47. The number of esters is 1. The zero-order valence-corrected chi connectivity index (χ0v) is 9.85. The number of carbonyl (C=O) groups is 1. The fourth-order valence-corrected chi connectivity index (χ4v) is 1.50. The molecular weight excluding hydrogens is 256 g/mol. The number of anilines is 1. The number of halogens is 2. The number of ether oxygens (including phenoxy) is 1. The molecule has 7 heteroatoms. The first-order valence-corrected chi connectivity index (χ1v) is 5.41. The van der Waals surface area contributed by atoms with Gasteiger partial charge in [-0.1, -0.05) is 0 Å². The normalized spacial score (nSPS) is 10.4. The third-order valence-electron chi connectivity index (χ3n) is 2.27. The van der Waals surface area contributed by atoms with Gasteiger partial charge in [0, 0.05) is 12.3 Å². The lowest BCUT2D eigenvalue weighted by atomic mass is 10.2. The maximum absolute atomic E-state index is 12.9. The van der Waals surface area contributed by atoms with Crippen molar-refractivity contribution in [1.29, 1.82) is 0 Å². The van der Waals surface area contributed by atoms with E-state index in [1.54, 1.807) is 0 Å². The molecule has 1 aromatic carbocycles. The average molecular weight is 267 g/mol. The summed E-state index contributed by atoms with van der Waals surface area (Å²) < 4.78 is 32.0. The van der Waals surface area contributed by atoms with E-state index >= 15 is 0 Å². The molecule has 0 radical (unpaired) electrons. The zero-order chi connectivity index (χ0) is 13.8. The van der Waals surface area contributed by atoms with Crippen LogP contribution in [0.25, 0.3) is 0 Å². The van der Waals surface area contributed by atoms with Crippen LogP contribution in [0.2, 0.25) is 0 Å².